The third-order valence-electron chi connectivity index (χ3n) is 3.43. The van der Waals surface area contributed by atoms with Gasteiger partial charge in [0.15, 0.2) is 5.15 Å². The zero-order valence-corrected chi connectivity index (χ0v) is 13.7. The Bertz CT molecular complexity index is 613. The summed E-state index contributed by atoms with van der Waals surface area (Å²) in [5, 5.41) is 12.3. The van der Waals surface area contributed by atoms with Crippen LogP contribution in [-0.2, 0) is 5.41 Å². The fraction of sp³-hybridized carbons (Fsp3) is 0.533. The van der Waals surface area contributed by atoms with Gasteiger partial charge in [-0.15, -0.1) is 0 Å². The number of pyridine rings is 1. The molecule has 1 saturated heterocycles. The number of rotatable bonds is 1. The first-order chi connectivity index (χ1) is 10.3. The molecule has 1 N–H and O–H groups in total. The topological polar surface area (TPSA) is 78.2 Å². The minimum absolute atomic E-state index is 0.0404. The largest absolute Gasteiger partial charge is 0.416 e. The van der Waals surface area contributed by atoms with Gasteiger partial charge in [0.25, 0.3) is 0 Å². The van der Waals surface area contributed by atoms with E-state index < -0.39 is 6.09 Å². The fourth-order valence-corrected chi connectivity index (χ4v) is 2.34. The predicted molar refractivity (Wildman–Crippen MR) is 83.1 cm³/mol. The molecular weight excluding hydrogens is 304 g/mol. The second kappa shape index (κ2) is 6.51. The minimum Gasteiger partial charge on any atom is -0.391 e. The van der Waals surface area contributed by atoms with Gasteiger partial charge in [-0.1, -0.05) is 32.4 Å². The van der Waals surface area contributed by atoms with Crippen molar-refractivity contribution in [2.24, 2.45) is 0 Å². The van der Waals surface area contributed by atoms with E-state index in [4.69, 9.17) is 21.6 Å². The number of hydrogen-bond donors (Lipinski definition) is 1. The standard InChI is InChI=1S/C15H19ClN4O2/c1-15(2,3)11-8-10(9-17)12(16)19-13(11)22-14(21)20-6-4-18-5-7-20/h8,18H,4-7H2,1-3H3. The van der Waals surface area contributed by atoms with Crippen molar-refractivity contribution in [1.29, 1.82) is 5.26 Å². The molecule has 0 bridgehead atoms. The highest BCUT2D eigenvalue weighted by Gasteiger charge is 2.26. The molecule has 2 heterocycles. The Balaban J connectivity index is 2.31. The first-order valence-corrected chi connectivity index (χ1v) is 7.49. The van der Waals surface area contributed by atoms with Crippen LogP contribution in [0.3, 0.4) is 0 Å². The molecule has 0 spiro atoms. The minimum atomic E-state index is -0.444. The van der Waals surface area contributed by atoms with Crippen LogP contribution in [0.4, 0.5) is 4.79 Å². The maximum atomic E-state index is 12.2. The first-order valence-electron chi connectivity index (χ1n) is 7.11. The smallest absolute Gasteiger partial charge is 0.391 e. The lowest BCUT2D eigenvalue weighted by Gasteiger charge is -2.27. The van der Waals surface area contributed by atoms with Crippen LogP contribution in [0.15, 0.2) is 6.07 Å². The molecule has 0 atom stereocenters. The Kier molecular flexibility index (Phi) is 4.89. The van der Waals surface area contributed by atoms with E-state index in [1.807, 2.05) is 26.8 Å². The summed E-state index contributed by atoms with van der Waals surface area (Å²) in [7, 11) is 0. The number of piperazine rings is 1. The number of halogens is 1. The SMILES string of the molecule is CC(C)(C)c1cc(C#N)c(Cl)nc1OC(=O)N1CCNCC1. The summed E-state index contributed by atoms with van der Waals surface area (Å²) in [4.78, 5) is 18.0. The van der Waals surface area contributed by atoms with Crippen molar-refractivity contribution in [3.8, 4) is 11.9 Å². The Morgan fingerprint density at radius 2 is 2.09 bits per heavy atom. The molecule has 1 aromatic rings. The van der Waals surface area contributed by atoms with E-state index in [1.165, 1.54) is 0 Å². The summed E-state index contributed by atoms with van der Waals surface area (Å²) < 4.78 is 5.45. The summed E-state index contributed by atoms with van der Waals surface area (Å²) in [5.41, 5.74) is 0.618. The molecule has 118 valence electrons. The van der Waals surface area contributed by atoms with Gasteiger partial charge in [-0.3, -0.25) is 0 Å². The molecular formula is C15H19ClN4O2. The Morgan fingerprint density at radius 3 is 2.64 bits per heavy atom. The van der Waals surface area contributed by atoms with Gasteiger partial charge in [-0.2, -0.15) is 10.2 Å². The Labute approximate surface area is 135 Å². The molecule has 7 heteroatoms. The number of nitriles is 1. The van der Waals surface area contributed by atoms with Crippen molar-refractivity contribution >= 4 is 17.7 Å². The van der Waals surface area contributed by atoms with Crippen molar-refractivity contribution in [1.82, 2.24) is 15.2 Å². The molecule has 1 amide bonds. The summed E-state index contributed by atoms with van der Waals surface area (Å²) in [6.07, 6.45) is -0.444. The van der Waals surface area contributed by atoms with Gasteiger partial charge < -0.3 is 15.0 Å². The van der Waals surface area contributed by atoms with Gasteiger partial charge in [-0.05, 0) is 11.5 Å². The van der Waals surface area contributed by atoms with Crippen LogP contribution in [0, 0.1) is 11.3 Å². The van der Waals surface area contributed by atoms with Gasteiger partial charge in [0, 0.05) is 31.7 Å². The number of nitrogens with zero attached hydrogens (tertiary/aromatic N) is 3. The highest BCUT2D eigenvalue weighted by atomic mass is 35.5. The molecule has 6 nitrogen and oxygen atoms in total. The van der Waals surface area contributed by atoms with Gasteiger partial charge >= 0.3 is 6.09 Å². The monoisotopic (exact) mass is 322 g/mol. The lowest BCUT2D eigenvalue weighted by molar-refractivity contribution is 0.143. The molecule has 0 saturated carbocycles. The number of carbonyl (C=O) groups excluding carboxylic acids is 1. The number of aromatic nitrogens is 1. The van der Waals surface area contributed by atoms with E-state index in [0.29, 0.717) is 18.7 Å². The number of carbonyl (C=O) groups is 1. The predicted octanol–water partition coefficient (Wildman–Crippen LogP) is 2.31. The molecule has 1 aliphatic rings. The highest BCUT2D eigenvalue weighted by molar-refractivity contribution is 6.30. The van der Waals surface area contributed by atoms with Gasteiger partial charge in [0.2, 0.25) is 5.88 Å². The molecule has 1 aliphatic heterocycles. The third kappa shape index (κ3) is 3.67. The van der Waals surface area contributed by atoms with Crippen molar-refractivity contribution < 1.29 is 9.53 Å². The summed E-state index contributed by atoms with van der Waals surface area (Å²) >= 11 is 5.97. The quantitative estimate of drug-likeness (QED) is 0.803. The van der Waals surface area contributed by atoms with Crippen LogP contribution in [0.1, 0.15) is 31.9 Å². The van der Waals surface area contributed by atoms with Crippen molar-refractivity contribution in [3.05, 3.63) is 22.3 Å². The van der Waals surface area contributed by atoms with E-state index in [9.17, 15) is 4.79 Å². The second-order valence-corrected chi connectivity index (χ2v) is 6.50. The average molecular weight is 323 g/mol. The maximum Gasteiger partial charge on any atom is 0.416 e. The van der Waals surface area contributed by atoms with E-state index in [0.717, 1.165) is 13.1 Å². The Morgan fingerprint density at radius 1 is 1.45 bits per heavy atom. The molecule has 0 unspecified atom stereocenters. The van der Waals surface area contributed by atoms with Crippen molar-refractivity contribution in [2.75, 3.05) is 26.2 Å². The van der Waals surface area contributed by atoms with E-state index in [1.54, 1.807) is 11.0 Å². The molecule has 22 heavy (non-hydrogen) atoms. The normalized spacial score (nSPS) is 15.3. The zero-order chi connectivity index (χ0) is 16.3. The van der Waals surface area contributed by atoms with Crippen molar-refractivity contribution in [3.63, 3.8) is 0 Å². The first kappa shape index (κ1) is 16.5. The maximum absolute atomic E-state index is 12.2. The van der Waals surface area contributed by atoms with E-state index in [2.05, 4.69) is 10.3 Å². The van der Waals surface area contributed by atoms with Crippen LogP contribution in [0.5, 0.6) is 5.88 Å². The van der Waals surface area contributed by atoms with E-state index >= 15 is 0 Å². The average Bonchev–Trinajstić information content (AvgIpc) is 2.47. The summed E-state index contributed by atoms with van der Waals surface area (Å²) in [6.45, 7) is 8.54. The van der Waals surface area contributed by atoms with Crippen molar-refractivity contribution in [2.45, 2.75) is 26.2 Å². The number of amides is 1. The van der Waals surface area contributed by atoms with Crippen LogP contribution in [-0.4, -0.2) is 42.2 Å². The molecule has 0 aliphatic carbocycles. The van der Waals surface area contributed by atoms with Crippen LogP contribution >= 0.6 is 11.6 Å². The van der Waals surface area contributed by atoms with E-state index in [-0.39, 0.29) is 22.0 Å². The molecule has 1 aromatic heterocycles. The van der Waals surface area contributed by atoms with Gasteiger partial charge in [0.05, 0.1) is 5.56 Å². The van der Waals surface area contributed by atoms with Gasteiger partial charge in [-0.25, -0.2) is 4.79 Å². The number of hydrogen-bond acceptors (Lipinski definition) is 5. The zero-order valence-electron chi connectivity index (χ0n) is 12.9. The third-order valence-corrected chi connectivity index (χ3v) is 3.72. The highest BCUT2D eigenvalue weighted by Crippen LogP contribution is 2.33. The molecule has 0 radical (unpaired) electrons. The molecule has 2 rings (SSSR count). The summed E-state index contributed by atoms with van der Waals surface area (Å²) in [6, 6.07) is 3.63. The second-order valence-electron chi connectivity index (χ2n) is 6.15. The number of nitrogens with one attached hydrogen (secondary N) is 1. The fourth-order valence-electron chi connectivity index (χ4n) is 2.16. The van der Waals surface area contributed by atoms with Crippen LogP contribution in [0.2, 0.25) is 5.15 Å². The van der Waals surface area contributed by atoms with Crippen LogP contribution < -0.4 is 10.1 Å². The molecule has 1 fully saturated rings. The van der Waals surface area contributed by atoms with Crippen LogP contribution in [0.25, 0.3) is 0 Å². The number of ether oxygens (including phenoxy) is 1. The summed E-state index contributed by atoms with van der Waals surface area (Å²) in [5.74, 6) is 0.167. The van der Waals surface area contributed by atoms with Gasteiger partial charge in [0.1, 0.15) is 6.07 Å². The lowest BCUT2D eigenvalue weighted by atomic mass is 9.87. The molecule has 0 aromatic carbocycles. The Hall–Kier alpha value is -1.84. The lowest BCUT2D eigenvalue weighted by Crippen LogP contribution is -2.47.